The van der Waals surface area contributed by atoms with Gasteiger partial charge in [0.15, 0.2) is 5.78 Å². The van der Waals surface area contributed by atoms with Gasteiger partial charge < -0.3 is 5.11 Å². The summed E-state index contributed by atoms with van der Waals surface area (Å²) in [6.07, 6.45) is -3.35. The van der Waals surface area contributed by atoms with E-state index < -0.39 is 47.1 Å². The number of carboxylic acid groups (broad SMARTS) is 1. The van der Waals surface area contributed by atoms with Gasteiger partial charge in [-0.05, 0) is 36.6 Å². The topological polar surface area (TPSA) is 91.8 Å². The van der Waals surface area contributed by atoms with E-state index >= 15 is 0 Å². The van der Waals surface area contributed by atoms with Gasteiger partial charge in [0.25, 0.3) is 0 Å². The van der Waals surface area contributed by atoms with Crippen molar-refractivity contribution in [1.82, 2.24) is 4.31 Å². The fourth-order valence-corrected chi connectivity index (χ4v) is 5.02. The quantitative estimate of drug-likeness (QED) is 0.852. The molecule has 0 spiro atoms. The van der Waals surface area contributed by atoms with E-state index in [2.05, 4.69) is 0 Å². The molecule has 0 saturated carbocycles. The smallest absolute Gasteiger partial charge is 0.393 e. The standard InChI is InChI=1S/C16H16F3NO5S/c17-16(18,19)13-8-20(7-12(13)15(22)23)26(24,25)10-4-5-11-9(6-10)2-1-3-14(11)21/h4-6,12-13H,1-3,7-8H2,(H,22,23)/t12-,13-/m1/s1. The number of carbonyl (C=O) groups is 2. The number of sulfonamides is 1. The monoisotopic (exact) mass is 391 g/mol. The van der Waals surface area contributed by atoms with Crippen molar-refractivity contribution in [3.63, 3.8) is 0 Å². The molecule has 26 heavy (non-hydrogen) atoms. The number of benzene rings is 1. The molecule has 0 amide bonds. The Labute approximate surface area is 147 Å². The molecule has 1 fully saturated rings. The normalized spacial score (nSPS) is 24.5. The first kappa shape index (κ1) is 18.8. The van der Waals surface area contributed by atoms with E-state index in [1.165, 1.54) is 18.2 Å². The zero-order valence-electron chi connectivity index (χ0n) is 13.5. The van der Waals surface area contributed by atoms with Gasteiger partial charge in [-0.3, -0.25) is 9.59 Å². The lowest BCUT2D eigenvalue weighted by Crippen LogP contribution is -2.34. The van der Waals surface area contributed by atoms with Crippen LogP contribution in [0.2, 0.25) is 0 Å². The van der Waals surface area contributed by atoms with E-state index in [-0.39, 0.29) is 10.7 Å². The Morgan fingerprint density at radius 3 is 2.46 bits per heavy atom. The summed E-state index contributed by atoms with van der Waals surface area (Å²) in [4.78, 5) is 22.7. The SMILES string of the molecule is O=C1CCCc2cc(S(=O)(=O)N3C[C@@H](C(F)(F)F)[C@H](C(=O)O)C3)ccc21. The number of ketones is 1. The molecule has 2 atom stereocenters. The molecule has 0 unspecified atom stereocenters. The van der Waals surface area contributed by atoms with Crippen molar-refractivity contribution in [3.8, 4) is 0 Å². The van der Waals surface area contributed by atoms with Crippen molar-refractivity contribution >= 4 is 21.8 Å². The van der Waals surface area contributed by atoms with Crippen molar-refractivity contribution in [2.75, 3.05) is 13.1 Å². The summed E-state index contributed by atoms with van der Waals surface area (Å²) in [5, 5.41) is 9.03. The molecule has 1 aromatic carbocycles. The van der Waals surface area contributed by atoms with Crippen molar-refractivity contribution in [3.05, 3.63) is 29.3 Å². The molecule has 1 heterocycles. The maximum Gasteiger partial charge on any atom is 0.393 e. The number of hydrogen-bond donors (Lipinski definition) is 1. The second-order valence-electron chi connectivity index (χ2n) is 6.51. The highest BCUT2D eigenvalue weighted by Crippen LogP contribution is 2.40. The number of aryl methyl sites for hydroxylation is 1. The molecule has 0 radical (unpaired) electrons. The van der Waals surface area contributed by atoms with Gasteiger partial charge >= 0.3 is 12.1 Å². The predicted octanol–water partition coefficient (Wildman–Crippen LogP) is 2.09. The van der Waals surface area contributed by atoms with E-state index in [1.54, 1.807) is 0 Å². The van der Waals surface area contributed by atoms with E-state index in [4.69, 9.17) is 5.11 Å². The zero-order valence-corrected chi connectivity index (χ0v) is 14.3. The van der Waals surface area contributed by atoms with Gasteiger partial charge in [0.05, 0.1) is 16.7 Å². The minimum Gasteiger partial charge on any atom is -0.481 e. The average molecular weight is 391 g/mol. The van der Waals surface area contributed by atoms with E-state index in [1.807, 2.05) is 0 Å². The number of rotatable bonds is 3. The van der Waals surface area contributed by atoms with Crippen LogP contribution in [0.25, 0.3) is 0 Å². The van der Waals surface area contributed by atoms with Gasteiger partial charge in [0.2, 0.25) is 10.0 Å². The minimum absolute atomic E-state index is 0.0977. The second-order valence-corrected chi connectivity index (χ2v) is 8.45. The first-order valence-corrected chi connectivity index (χ1v) is 9.41. The Balaban J connectivity index is 1.94. The molecule has 1 aliphatic carbocycles. The summed E-state index contributed by atoms with van der Waals surface area (Å²) in [6, 6.07) is 3.86. The molecule has 1 N–H and O–H groups in total. The summed E-state index contributed by atoms with van der Waals surface area (Å²) in [7, 11) is -4.29. The number of carbonyl (C=O) groups excluding carboxylic acids is 1. The fourth-order valence-electron chi connectivity index (χ4n) is 3.48. The summed E-state index contributed by atoms with van der Waals surface area (Å²) in [5.41, 5.74) is 0.969. The molecule has 3 rings (SSSR count). The molecular formula is C16H16F3NO5S. The maximum absolute atomic E-state index is 13.1. The number of carboxylic acids is 1. The minimum atomic E-state index is -4.81. The van der Waals surface area contributed by atoms with Crippen LogP contribution in [0, 0.1) is 11.8 Å². The van der Waals surface area contributed by atoms with Gasteiger partial charge in [-0.25, -0.2) is 8.42 Å². The lowest BCUT2D eigenvalue weighted by molar-refractivity contribution is -0.187. The molecule has 1 aliphatic heterocycles. The van der Waals surface area contributed by atoms with Crippen LogP contribution in [0.15, 0.2) is 23.1 Å². The molecular weight excluding hydrogens is 375 g/mol. The van der Waals surface area contributed by atoms with Crippen LogP contribution < -0.4 is 0 Å². The Morgan fingerprint density at radius 2 is 1.88 bits per heavy atom. The van der Waals surface area contributed by atoms with Gasteiger partial charge in [-0.2, -0.15) is 17.5 Å². The Bertz CT molecular complexity index is 865. The van der Waals surface area contributed by atoms with Crippen LogP contribution in [-0.4, -0.2) is 48.8 Å². The molecule has 142 valence electrons. The number of fused-ring (bicyclic) bond motifs is 1. The van der Waals surface area contributed by atoms with Crippen LogP contribution in [0.3, 0.4) is 0 Å². The number of aliphatic carboxylic acids is 1. The van der Waals surface area contributed by atoms with Crippen molar-refractivity contribution in [2.45, 2.75) is 30.3 Å². The van der Waals surface area contributed by atoms with Gasteiger partial charge in [-0.1, -0.05) is 0 Å². The second kappa shape index (κ2) is 6.34. The molecule has 1 saturated heterocycles. The Morgan fingerprint density at radius 1 is 1.19 bits per heavy atom. The Kier molecular flexibility index (Phi) is 4.60. The van der Waals surface area contributed by atoms with Gasteiger partial charge in [0.1, 0.15) is 0 Å². The number of nitrogens with zero attached hydrogens (tertiary/aromatic N) is 1. The zero-order chi connectivity index (χ0) is 19.3. The number of alkyl halides is 3. The van der Waals surface area contributed by atoms with Crippen molar-refractivity contribution in [2.24, 2.45) is 11.8 Å². The third-order valence-corrected chi connectivity index (χ3v) is 6.72. The predicted molar refractivity (Wildman–Crippen MR) is 83.1 cm³/mol. The fraction of sp³-hybridized carbons (Fsp3) is 0.500. The van der Waals surface area contributed by atoms with Crippen LogP contribution in [0.4, 0.5) is 13.2 Å². The van der Waals surface area contributed by atoms with E-state index in [0.717, 1.165) is 0 Å². The summed E-state index contributed by atoms with van der Waals surface area (Å²) < 4.78 is 65.3. The highest BCUT2D eigenvalue weighted by molar-refractivity contribution is 7.89. The van der Waals surface area contributed by atoms with Gasteiger partial charge in [0, 0.05) is 25.1 Å². The van der Waals surface area contributed by atoms with Gasteiger partial charge in [-0.15, -0.1) is 0 Å². The molecule has 0 aromatic heterocycles. The lowest BCUT2D eigenvalue weighted by Gasteiger charge is -2.20. The Hall–Kier alpha value is -1.94. The molecule has 6 nitrogen and oxygen atoms in total. The van der Waals surface area contributed by atoms with Crippen molar-refractivity contribution < 1.29 is 36.3 Å². The molecule has 10 heteroatoms. The number of Topliss-reactive ketones (excluding diaryl/α,β-unsaturated/α-hetero) is 1. The highest BCUT2D eigenvalue weighted by Gasteiger charge is 2.55. The van der Waals surface area contributed by atoms with E-state index in [9.17, 15) is 31.2 Å². The van der Waals surface area contributed by atoms with Crippen molar-refractivity contribution in [1.29, 1.82) is 0 Å². The molecule has 2 aliphatic rings. The van der Waals surface area contributed by atoms with Crippen LogP contribution in [0.5, 0.6) is 0 Å². The summed E-state index contributed by atoms with van der Waals surface area (Å²) >= 11 is 0. The summed E-state index contributed by atoms with van der Waals surface area (Å²) in [6.45, 7) is -1.67. The first-order chi connectivity index (χ1) is 12.0. The average Bonchev–Trinajstić information content (AvgIpc) is 3.01. The van der Waals surface area contributed by atoms with E-state index in [0.29, 0.717) is 34.7 Å². The highest BCUT2D eigenvalue weighted by atomic mass is 32.2. The number of hydrogen-bond acceptors (Lipinski definition) is 4. The summed E-state index contributed by atoms with van der Waals surface area (Å²) in [5.74, 6) is -5.88. The van der Waals surface area contributed by atoms with Crippen LogP contribution in [0.1, 0.15) is 28.8 Å². The third-order valence-electron chi connectivity index (χ3n) is 4.89. The van der Waals surface area contributed by atoms with Crippen LogP contribution in [-0.2, 0) is 21.2 Å². The third kappa shape index (κ3) is 3.23. The molecule has 0 bridgehead atoms. The molecule has 1 aromatic rings. The first-order valence-electron chi connectivity index (χ1n) is 7.97. The largest absolute Gasteiger partial charge is 0.481 e. The number of halogens is 3. The van der Waals surface area contributed by atoms with Crippen LogP contribution >= 0.6 is 0 Å². The lowest BCUT2D eigenvalue weighted by atomic mass is 9.91. The maximum atomic E-state index is 13.1.